The zero-order valence-electron chi connectivity index (χ0n) is 26.0. The minimum atomic E-state index is -0.00432. The molecule has 0 bridgehead atoms. The molecule has 0 fully saturated rings. The van der Waals surface area contributed by atoms with Crippen LogP contribution in [0.25, 0.3) is 43.1 Å². The normalized spacial score (nSPS) is 16.4. The first-order valence-corrected chi connectivity index (χ1v) is 17.1. The highest BCUT2D eigenvalue weighted by Gasteiger charge is 2.37. The summed E-state index contributed by atoms with van der Waals surface area (Å²) < 4.78 is 0. The number of hydrogen-bond donors (Lipinski definition) is 0. The van der Waals surface area contributed by atoms with Gasteiger partial charge in [-0.25, -0.2) is 0 Å². The van der Waals surface area contributed by atoms with E-state index in [0.29, 0.717) is 9.98 Å². The Kier molecular flexibility index (Phi) is 7.41. The molecule has 2 atom stereocenters. The van der Waals surface area contributed by atoms with Crippen LogP contribution in [0.4, 0.5) is 0 Å². The van der Waals surface area contributed by atoms with Gasteiger partial charge in [0.2, 0.25) is 0 Å². The van der Waals surface area contributed by atoms with Gasteiger partial charge in [0, 0.05) is 45.1 Å². The number of thiocarbonyl (C=S) groups is 2. The molecule has 224 valence electrons. The van der Waals surface area contributed by atoms with E-state index in [1.54, 1.807) is 0 Å². The van der Waals surface area contributed by atoms with Crippen molar-refractivity contribution in [3.63, 3.8) is 0 Å². The molecule has 2 amide bonds. The van der Waals surface area contributed by atoms with Crippen molar-refractivity contribution in [2.45, 2.75) is 91.1 Å². The molecule has 0 aromatic heterocycles. The lowest BCUT2D eigenvalue weighted by Gasteiger charge is -2.36. The number of unbranched alkanes of at least 4 members (excludes halogenated alkanes) is 4. The predicted octanol–water partition coefficient (Wildman–Crippen LogP) is 9.94. The summed E-state index contributed by atoms with van der Waals surface area (Å²) >= 11 is 12.1. The number of amides is 2. The summed E-state index contributed by atoms with van der Waals surface area (Å²) in [6.45, 7) is 8.62. The van der Waals surface area contributed by atoms with Crippen LogP contribution >= 0.6 is 24.4 Å². The minimum absolute atomic E-state index is 0.00432. The Morgan fingerprint density at radius 1 is 0.523 bits per heavy atom. The summed E-state index contributed by atoms with van der Waals surface area (Å²) in [6.07, 6.45) is 8.62. The number of rotatable bonds is 10. The summed E-state index contributed by atoms with van der Waals surface area (Å²) in [6, 6.07) is 16.8. The van der Waals surface area contributed by atoms with Gasteiger partial charge in [0.1, 0.15) is 9.98 Å². The fourth-order valence-electron chi connectivity index (χ4n) is 7.74. The van der Waals surface area contributed by atoms with E-state index < -0.39 is 0 Å². The first kappa shape index (κ1) is 29.2. The topological polar surface area (TPSA) is 40.6 Å². The van der Waals surface area contributed by atoms with Crippen molar-refractivity contribution in [2.75, 3.05) is 0 Å². The fraction of sp³-hybridized carbons (Fsp3) is 0.368. The van der Waals surface area contributed by atoms with Crippen LogP contribution in [0.3, 0.4) is 0 Å². The highest BCUT2D eigenvalue weighted by Crippen LogP contribution is 2.46. The Labute approximate surface area is 269 Å². The van der Waals surface area contributed by atoms with E-state index in [0.717, 1.165) is 117 Å². The highest BCUT2D eigenvalue weighted by atomic mass is 32.1. The Balaban J connectivity index is 1.41. The van der Waals surface area contributed by atoms with Gasteiger partial charge in [0.05, 0.1) is 0 Å². The minimum Gasteiger partial charge on any atom is -0.296 e. The van der Waals surface area contributed by atoms with Gasteiger partial charge in [0.15, 0.2) is 0 Å². The highest BCUT2D eigenvalue weighted by molar-refractivity contribution is 7.81. The van der Waals surface area contributed by atoms with Crippen molar-refractivity contribution in [1.29, 1.82) is 0 Å². The smallest absolute Gasteiger partial charge is 0.259 e. The quantitative estimate of drug-likeness (QED) is 0.0676. The van der Waals surface area contributed by atoms with E-state index in [-0.39, 0.29) is 23.9 Å². The Morgan fingerprint density at radius 3 is 1.20 bits per heavy atom. The number of benzene rings is 5. The molecule has 5 aromatic rings. The maximum atomic E-state index is 14.0. The van der Waals surface area contributed by atoms with E-state index in [4.69, 9.17) is 24.4 Å². The molecule has 0 unspecified atom stereocenters. The Morgan fingerprint density at radius 2 is 0.864 bits per heavy atom. The summed E-state index contributed by atoms with van der Waals surface area (Å²) in [7, 11) is 0. The lowest BCUT2D eigenvalue weighted by Crippen LogP contribution is -2.45. The number of fused-ring (bicyclic) bond motifs is 2. The van der Waals surface area contributed by atoms with Gasteiger partial charge in [-0.15, -0.1) is 0 Å². The largest absolute Gasteiger partial charge is 0.296 e. The van der Waals surface area contributed by atoms with Crippen molar-refractivity contribution >= 4 is 89.3 Å². The Hall–Kier alpha value is -3.48. The monoisotopic (exact) mass is 618 g/mol. The van der Waals surface area contributed by atoms with Gasteiger partial charge in [-0.3, -0.25) is 19.4 Å². The van der Waals surface area contributed by atoms with Gasteiger partial charge in [-0.05, 0) is 71.1 Å². The molecule has 0 saturated carbocycles. The van der Waals surface area contributed by atoms with Gasteiger partial charge in [-0.2, -0.15) is 0 Å². The SMILES string of the molecule is CCCCC[C@H](C)N1C(=O)c2ccc3c4ccc5c6c(ccc(c7ccc(c2c37)C1=S)c64)C(=O)N([C@@H](C)CCCCC)C5=S. The zero-order chi connectivity index (χ0) is 30.9. The molecule has 5 aromatic carbocycles. The second-order valence-corrected chi connectivity index (χ2v) is 13.6. The molecular weight excluding hydrogens is 581 g/mol. The number of hydrogen-bond acceptors (Lipinski definition) is 4. The molecule has 2 aliphatic rings. The van der Waals surface area contributed by atoms with Gasteiger partial charge in [0.25, 0.3) is 11.8 Å². The average Bonchev–Trinajstić information content (AvgIpc) is 3.02. The molecule has 0 aliphatic carbocycles. The van der Waals surface area contributed by atoms with Crippen LogP contribution in [0, 0.1) is 0 Å². The third-order valence-electron chi connectivity index (χ3n) is 10.0. The van der Waals surface area contributed by atoms with Crippen LogP contribution in [0.2, 0.25) is 0 Å². The van der Waals surface area contributed by atoms with Crippen molar-refractivity contribution in [3.8, 4) is 0 Å². The summed E-state index contributed by atoms with van der Waals surface area (Å²) in [5.41, 5.74) is 3.34. The molecule has 2 aliphatic heterocycles. The molecular formula is C38H38N2O2S2. The maximum Gasteiger partial charge on any atom is 0.259 e. The first-order valence-electron chi connectivity index (χ1n) is 16.3. The predicted molar refractivity (Wildman–Crippen MR) is 191 cm³/mol. The van der Waals surface area contributed by atoms with E-state index in [2.05, 4.69) is 64.1 Å². The van der Waals surface area contributed by atoms with E-state index >= 15 is 0 Å². The van der Waals surface area contributed by atoms with Crippen molar-refractivity contribution in [2.24, 2.45) is 0 Å². The molecule has 0 N–H and O–H groups in total. The second-order valence-electron chi connectivity index (χ2n) is 12.8. The summed E-state index contributed by atoms with van der Waals surface area (Å²) in [5.74, 6) is -0.00864. The molecule has 0 spiro atoms. The standard InChI is InChI=1S/C38H38N2O2S2/c1-5-7-9-11-21(3)39-35(41)27-17-13-23-26-16-20-30-34-28(36(42)40(38(30)44)22(4)12-10-8-6-2)18-14-24(32(26)34)25-15-19-29(37(39)43)33(27)31(23)25/h13-22H,5-12H2,1-4H3/t21-,22-/m0/s1. The zero-order valence-corrected chi connectivity index (χ0v) is 27.6. The van der Waals surface area contributed by atoms with Crippen LogP contribution in [-0.4, -0.2) is 43.7 Å². The van der Waals surface area contributed by atoms with E-state index in [1.165, 1.54) is 0 Å². The summed E-state index contributed by atoms with van der Waals surface area (Å²) in [5, 5.41) is 8.34. The number of nitrogens with zero attached hydrogens (tertiary/aromatic N) is 2. The third-order valence-corrected chi connectivity index (χ3v) is 10.9. The molecule has 7 rings (SSSR count). The van der Waals surface area contributed by atoms with Gasteiger partial charge >= 0.3 is 0 Å². The third kappa shape index (κ3) is 4.13. The van der Waals surface area contributed by atoms with Gasteiger partial charge in [-0.1, -0.05) is 113 Å². The van der Waals surface area contributed by atoms with E-state index in [9.17, 15) is 9.59 Å². The average molecular weight is 619 g/mol. The van der Waals surface area contributed by atoms with Crippen molar-refractivity contribution < 1.29 is 9.59 Å². The van der Waals surface area contributed by atoms with Gasteiger partial charge < -0.3 is 0 Å². The molecule has 44 heavy (non-hydrogen) atoms. The lowest BCUT2D eigenvalue weighted by atomic mass is 9.82. The van der Waals surface area contributed by atoms with E-state index in [1.807, 2.05) is 21.9 Å². The first-order chi connectivity index (χ1) is 21.3. The molecule has 0 saturated heterocycles. The molecule has 4 nitrogen and oxygen atoms in total. The van der Waals surface area contributed by atoms with Crippen LogP contribution in [0.5, 0.6) is 0 Å². The maximum absolute atomic E-state index is 14.0. The van der Waals surface area contributed by atoms with Crippen LogP contribution in [0.1, 0.15) is 111 Å². The molecule has 0 radical (unpaired) electrons. The Bertz CT molecular complexity index is 1760. The molecule has 2 heterocycles. The second kappa shape index (κ2) is 11.1. The van der Waals surface area contributed by atoms with Crippen molar-refractivity contribution in [3.05, 3.63) is 70.8 Å². The summed E-state index contributed by atoms with van der Waals surface area (Å²) in [4.78, 5) is 32.9. The number of carbonyl (C=O) groups is 2. The van der Waals surface area contributed by atoms with Crippen LogP contribution in [0.15, 0.2) is 48.5 Å². The van der Waals surface area contributed by atoms with Crippen molar-refractivity contribution in [1.82, 2.24) is 9.80 Å². The lowest BCUT2D eigenvalue weighted by molar-refractivity contribution is 0.0798. The molecule has 6 heteroatoms. The fourth-order valence-corrected chi connectivity index (χ4v) is 8.61. The number of carbonyl (C=O) groups excluding carboxylic acids is 2. The van der Waals surface area contributed by atoms with Crippen LogP contribution in [-0.2, 0) is 0 Å². The van der Waals surface area contributed by atoms with Crippen LogP contribution < -0.4 is 0 Å².